The summed E-state index contributed by atoms with van der Waals surface area (Å²) in [4.78, 5) is 11.0. The minimum Gasteiger partial charge on any atom is -0.333 e. The number of imidazole rings is 2. The van der Waals surface area contributed by atoms with Crippen molar-refractivity contribution in [1.29, 1.82) is 0 Å². The molecule has 0 spiro atoms. The van der Waals surface area contributed by atoms with E-state index in [0.717, 1.165) is 77.1 Å². The van der Waals surface area contributed by atoms with Gasteiger partial charge in [0.05, 0.1) is 33.4 Å². The van der Waals surface area contributed by atoms with E-state index in [0.29, 0.717) is 0 Å². The van der Waals surface area contributed by atoms with Crippen LogP contribution in [0.1, 0.15) is 0 Å². The summed E-state index contributed by atoms with van der Waals surface area (Å²) in [7, 11) is 0. The molecule has 12 rings (SSSR count). The molecule has 4 aromatic heterocycles. The molecule has 0 aliphatic carbocycles. The van der Waals surface area contributed by atoms with Gasteiger partial charge in [0.2, 0.25) is 0 Å². The van der Waals surface area contributed by atoms with Crippen LogP contribution in [0.15, 0.2) is 170 Å². The van der Waals surface area contributed by atoms with Crippen LogP contribution in [0.3, 0.4) is 0 Å². The van der Waals surface area contributed by atoms with Gasteiger partial charge < -0.3 is 8.80 Å². The van der Waals surface area contributed by atoms with Crippen molar-refractivity contribution < 1.29 is 21.1 Å². The molecule has 0 unspecified atom stereocenters. The van der Waals surface area contributed by atoms with Gasteiger partial charge in [-0.25, -0.2) is 0 Å². The second-order valence-corrected chi connectivity index (χ2v) is 14.1. The maximum atomic E-state index is 5.48. The summed E-state index contributed by atoms with van der Waals surface area (Å²) in [5, 5.41) is 11.3. The van der Waals surface area contributed by atoms with Crippen LogP contribution in [0.4, 0.5) is 0 Å². The van der Waals surface area contributed by atoms with E-state index in [1.165, 1.54) is 32.3 Å². The fourth-order valence-corrected chi connectivity index (χ4v) is 8.64. The van der Waals surface area contributed by atoms with Crippen LogP contribution in [-0.2, 0) is 21.1 Å². The van der Waals surface area contributed by atoms with Crippen LogP contribution >= 0.6 is 0 Å². The van der Waals surface area contributed by atoms with Crippen LogP contribution in [0.2, 0.25) is 0 Å². The number of hydrogen-bond donors (Lipinski definition) is 0. The van der Waals surface area contributed by atoms with Gasteiger partial charge in [-0.05, 0) is 68.7 Å². The summed E-state index contributed by atoms with van der Waals surface area (Å²) >= 11 is 0. The Kier molecular flexibility index (Phi) is 7.08. The fourth-order valence-electron chi connectivity index (χ4n) is 8.64. The van der Waals surface area contributed by atoms with Gasteiger partial charge in [-0.2, -0.15) is 0 Å². The first-order valence-electron chi connectivity index (χ1n) is 18.2. The van der Waals surface area contributed by atoms with Gasteiger partial charge in [-0.15, -0.1) is 70.1 Å². The van der Waals surface area contributed by atoms with Gasteiger partial charge in [0.25, 0.3) is 0 Å². The molecule has 0 saturated carbocycles. The third-order valence-electron chi connectivity index (χ3n) is 11.1. The monoisotopic (exact) mass is 879 g/mol. The maximum absolute atomic E-state index is 5.48. The smallest absolute Gasteiger partial charge is 0.333 e. The second-order valence-electron chi connectivity index (χ2n) is 14.1. The van der Waals surface area contributed by atoms with E-state index < -0.39 is 0 Å². The van der Waals surface area contributed by atoms with Gasteiger partial charge in [0, 0.05) is 22.2 Å². The number of para-hydroxylation sites is 2. The first-order chi connectivity index (χ1) is 26.8. The number of rotatable bonds is 1. The Labute approximate surface area is 329 Å². The van der Waals surface area contributed by atoms with Crippen molar-refractivity contribution in [2.24, 2.45) is 0 Å². The molecule has 0 amide bonds. The average molecular weight is 880 g/mol. The van der Waals surface area contributed by atoms with E-state index in [1.807, 2.05) is 12.1 Å². The van der Waals surface area contributed by atoms with Crippen LogP contribution < -0.4 is 0 Å². The summed E-state index contributed by atoms with van der Waals surface area (Å²) in [5.41, 5.74) is 9.79. The van der Waals surface area contributed by atoms with E-state index in [4.69, 9.17) is 9.97 Å². The minimum absolute atomic E-state index is 0. The molecule has 0 fully saturated rings. The molecule has 0 saturated heterocycles. The average Bonchev–Trinajstić information content (AvgIpc) is 3.83. The van der Waals surface area contributed by atoms with Crippen LogP contribution in [-0.4, -0.2) is 18.8 Å². The zero-order chi connectivity index (χ0) is 35.3. The Hall–Kier alpha value is -6.61. The van der Waals surface area contributed by atoms with Crippen LogP contribution in [0.5, 0.6) is 0 Å². The number of hydrogen-bond acceptors (Lipinski definition) is 2. The third kappa shape index (κ3) is 4.75. The maximum Gasteiger partial charge on any atom is 2.00 e. The molecule has 0 aliphatic heterocycles. The first kappa shape index (κ1) is 31.9. The molecule has 4 nitrogen and oxygen atoms in total. The molecule has 12 aromatic rings. The molecule has 0 N–H and O–H groups in total. The molecule has 8 bridgehead atoms. The molecule has 55 heavy (non-hydrogen) atoms. The predicted octanol–water partition coefficient (Wildman–Crippen LogP) is 12.6. The van der Waals surface area contributed by atoms with Crippen molar-refractivity contribution in [2.75, 3.05) is 0 Å². The summed E-state index contributed by atoms with van der Waals surface area (Å²) in [5.74, 6) is 0. The van der Waals surface area contributed by atoms with Gasteiger partial charge >= 0.3 is 21.1 Å². The van der Waals surface area contributed by atoms with Gasteiger partial charge in [-0.3, -0.25) is 9.97 Å². The van der Waals surface area contributed by atoms with Crippen LogP contribution in [0, 0.1) is 12.1 Å². The van der Waals surface area contributed by atoms with Crippen molar-refractivity contribution >= 4 is 98.3 Å². The Balaban J connectivity index is 0.00000352. The van der Waals surface area contributed by atoms with E-state index >= 15 is 0 Å². The van der Waals surface area contributed by atoms with Crippen molar-refractivity contribution in [3.63, 3.8) is 0 Å². The molecular weight excluding hydrogens is 852 g/mol. The van der Waals surface area contributed by atoms with Gasteiger partial charge in [0.15, 0.2) is 0 Å². The van der Waals surface area contributed by atoms with Crippen molar-refractivity contribution in [3.8, 4) is 11.1 Å². The van der Waals surface area contributed by atoms with E-state index in [-0.39, 0.29) is 21.1 Å². The summed E-state index contributed by atoms with van der Waals surface area (Å²) in [6.45, 7) is 0. The Morgan fingerprint density at radius 2 is 0.782 bits per heavy atom. The zero-order valence-electron chi connectivity index (χ0n) is 29.3. The standard InChI is InChI=1S/C50H28N4.Pt/c1-3-21-41-33-13-7-17-37(29-33)53-45-25-9-23-43(47(45)51-49(53)35-15-5-11-31(27-35)39(41)19-1)44-24-10-26-46-48(44)52-50-36-16-6-12-32(28-36)40-20-2-4-22-42(40)34-14-8-18-38(30-34)54(46)50;/h1-14,17-30H;/q-2;+2. The number of nitrogens with zero attached hydrogens (tertiary/aromatic N) is 4. The van der Waals surface area contributed by atoms with E-state index in [2.05, 4.69) is 179 Å². The SMILES string of the molecule is [Pt+2].[c-]1ccc2cc1c1nc3c(-c4cccc5c4nc4c6[c-]ccc(c6)c6ccccc6c6cccc(c6)n54)cccc3n1c1cccc(c1)c1ccccc21. The minimum atomic E-state index is 0. The zero-order valence-corrected chi connectivity index (χ0v) is 31.5. The largest absolute Gasteiger partial charge is 2.00 e. The van der Waals surface area contributed by atoms with Crippen molar-refractivity contribution in [2.45, 2.75) is 0 Å². The Bertz CT molecular complexity index is 3390. The van der Waals surface area contributed by atoms with E-state index in [9.17, 15) is 0 Å². The normalized spacial score (nSPS) is 11.9. The topological polar surface area (TPSA) is 34.6 Å². The summed E-state index contributed by atoms with van der Waals surface area (Å²) in [6, 6.07) is 67.7. The molecule has 8 aromatic carbocycles. The molecule has 0 atom stereocenters. The Morgan fingerprint density at radius 1 is 0.382 bits per heavy atom. The molecule has 5 heteroatoms. The third-order valence-corrected chi connectivity index (χ3v) is 11.1. The van der Waals surface area contributed by atoms with Gasteiger partial charge in [0.1, 0.15) is 0 Å². The molecule has 0 aliphatic rings. The summed E-state index contributed by atoms with van der Waals surface area (Å²) < 4.78 is 4.57. The summed E-state index contributed by atoms with van der Waals surface area (Å²) in [6.07, 6.45) is 0. The van der Waals surface area contributed by atoms with Gasteiger partial charge in [-0.1, -0.05) is 97.1 Å². The van der Waals surface area contributed by atoms with Crippen molar-refractivity contribution in [3.05, 3.63) is 182 Å². The number of fused-ring (bicyclic) bond motifs is 24. The molecule has 258 valence electrons. The quantitative estimate of drug-likeness (QED) is 0.154. The Morgan fingerprint density at radius 3 is 1.22 bits per heavy atom. The number of benzene rings is 8. The van der Waals surface area contributed by atoms with Crippen LogP contribution in [0.25, 0.3) is 109 Å². The predicted molar refractivity (Wildman–Crippen MR) is 225 cm³/mol. The second kappa shape index (κ2) is 12.2. The first-order valence-corrected chi connectivity index (χ1v) is 18.2. The molecule has 4 heterocycles. The number of aromatic nitrogens is 4. The fraction of sp³-hybridized carbons (Fsp3) is 0. The van der Waals surface area contributed by atoms with E-state index in [1.54, 1.807) is 0 Å². The van der Waals surface area contributed by atoms with Crippen molar-refractivity contribution in [1.82, 2.24) is 18.8 Å². The molecular formula is C50H28N4Pt. The molecule has 0 radical (unpaired) electrons.